The summed E-state index contributed by atoms with van der Waals surface area (Å²) in [5.74, 6) is 0.181. The average Bonchev–Trinajstić information content (AvgIpc) is 2.08. The zero-order valence-electron chi connectivity index (χ0n) is 6.66. The van der Waals surface area contributed by atoms with Crippen molar-refractivity contribution >= 4 is 32.7 Å². The highest BCUT2D eigenvalue weighted by Gasteiger charge is 2.01. The van der Waals surface area contributed by atoms with Crippen LogP contribution in [-0.4, -0.2) is 10.1 Å². The number of rotatable bonds is 0. The summed E-state index contributed by atoms with van der Waals surface area (Å²) < 4.78 is 0.950. The molecule has 3 nitrogen and oxygen atoms in total. The van der Waals surface area contributed by atoms with Crippen molar-refractivity contribution in [1.29, 1.82) is 0 Å². The Bertz CT molecular complexity index is 470. The number of aromatic nitrogens is 1. The van der Waals surface area contributed by atoms with Gasteiger partial charge in [0.2, 0.25) is 0 Å². The Balaban J connectivity index is 2.81. The zero-order valence-corrected chi connectivity index (χ0v) is 8.25. The quantitative estimate of drug-likeness (QED) is 0.741. The largest absolute Gasteiger partial charge is 0.504 e. The van der Waals surface area contributed by atoms with Crippen molar-refractivity contribution in [2.24, 2.45) is 0 Å². The van der Waals surface area contributed by atoms with E-state index in [1.54, 1.807) is 6.07 Å². The number of nitrogens with zero attached hydrogens (tertiary/aromatic N) is 1. The van der Waals surface area contributed by atoms with Crippen LogP contribution in [0, 0.1) is 0 Å². The minimum Gasteiger partial charge on any atom is -0.504 e. The van der Waals surface area contributed by atoms with Gasteiger partial charge in [-0.05, 0) is 24.3 Å². The number of hydrogen-bond donors (Lipinski definition) is 2. The number of aromatic hydroxyl groups is 1. The number of fused-ring (bicyclic) bond motifs is 1. The van der Waals surface area contributed by atoms with Crippen LogP contribution in [-0.2, 0) is 0 Å². The molecule has 0 atom stereocenters. The molecule has 3 N–H and O–H groups in total. The molecule has 0 aliphatic rings. The van der Waals surface area contributed by atoms with E-state index in [1.165, 1.54) is 0 Å². The third-order valence-electron chi connectivity index (χ3n) is 1.79. The molecule has 0 amide bonds. The lowest BCUT2D eigenvalue weighted by molar-refractivity contribution is 0.477. The summed E-state index contributed by atoms with van der Waals surface area (Å²) in [6.07, 6.45) is 0. The summed E-state index contributed by atoms with van der Waals surface area (Å²) in [5, 5.41) is 10.2. The summed E-state index contributed by atoms with van der Waals surface area (Å²) in [6.45, 7) is 0. The van der Waals surface area contributed by atoms with E-state index in [1.807, 2.05) is 18.2 Å². The molecule has 0 radical (unpaired) electrons. The molecule has 1 aromatic carbocycles. The monoisotopic (exact) mass is 238 g/mol. The lowest BCUT2D eigenvalue weighted by Gasteiger charge is -2.01. The molecule has 0 fully saturated rings. The average molecular weight is 239 g/mol. The van der Waals surface area contributed by atoms with Gasteiger partial charge in [0.25, 0.3) is 0 Å². The lowest BCUT2D eigenvalue weighted by Crippen LogP contribution is -1.90. The van der Waals surface area contributed by atoms with Crippen LogP contribution >= 0.6 is 15.9 Å². The molecule has 2 aromatic rings. The Kier molecular flexibility index (Phi) is 1.84. The molecule has 13 heavy (non-hydrogen) atoms. The van der Waals surface area contributed by atoms with Crippen molar-refractivity contribution in [2.75, 3.05) is 5.73 Å². The maximum Gasteiger partial charge on any atom is 0.166 e. The van der Waals surface area contributed by atoms with Gasteiger partial charge in [-0.25, -0.2) is 4.98 Å². The first-order valence-corrected chi connectivity index (χ1v) is 4.51. The lowest BCUT2D eigenvalue weighted by atomic mass is 10.2. The third kappa shape index (κ3) is 1.45. The van der Waals surface area contributed by atoms with Gasteiger partial charge in [-0.15, -0.1) is 0 Å². The number of nitrogen functional groups attached to an aromatic ring is 1. The molecule has 0 spiro atoms. The minimum atomic E-state index is 0.0191. The first kappa shape index (κ1) is 8.31. The standard InChI is InChI=1S/C9H7BrN2O/c10-6-1-2-7-5(3-6)4-8(13)9(11)12-7/h1-4,13H,(H2,11,12). The van der Waals surface area contributed by atoms with E-state index in [-0.39, 0.29) is 11.6 Å². The molecular weight excluding hydrogens is 232 g/mol. The summed E-state index contributed by atoms with van der Waals surface area (Å²) >= 11 is 3.33. The van der Waals surface area contributed by atoms with Gasteiger partial charge < -0.3 is 10.8 Å². The van der Waals surface area contributed by atoms with Gasteiger partial charge in [-0.1, -0.05) is 15.9 Å². The third-order valence-corrected chi connectivity index (χ3v) is 2.28. The molecule has 66 valence electrons. The predicted molar refractivity (Wildman–Crippen MR) is 55.5 cm³/mol. The Hall–Kier alpha value is -1.29. The highest BCUT2D eigenvalue weighted by Crippen LogP contribution is 2.25. The van der Waals surface area contributed by atoms with Crippen molar-refractivity contribution < 1.29 is 5.11 Å². The first-order chi connectivity index (χ1) is 6.16. The van der Waals surface area contributed by atoms with Crippen molar-refractivity contribution in [2.45, 2.75) is 0 Å². The van der Waals surface area contributed by atoms with E-state index in [4.69, 9.17) is 5.73 Å². The van der Waals surface area contributed by atoms with Gasteiger partial charge in [0.15, 0.2) is 11.6 Å². The number of nitrogens with two attached hydrogens (primary N) is 1. The van der Waals surface area contributed by atoms with E-state index in [2.05, 4.69) is 20.9 Å². The van der Waals surface area contributed by atoms with Crippen LogP contribution in [0.2, 0.25) is 0 Å². The van der Waals surface area contributed by atoms with Gasteiger partial charge in [-0.3, -0.25) is 0 Å². The number of anilines is 1. The smallest absolute Gasteiger partial charge is 0.166 e. The Morgan fingerprint density at radius 1 is 1.31 bits per heavy atom. The topological polar surface area (TPSA) is 59.1 Å². The fraction of sp³-hybridized carbons (Fsp3) is 0. The minimum absolute atomic E-state index is 0.0191. The Morgan fingerprint density at radius 3 is 2.85 bits per heavy atom. The summed E-state index contributed by atoms with van der Waals surface area (Å²) in [6, 6.07) is 7.20. The fourth-order valence-electron chi connectivity index (χ4n) is 1.15. The predicted octanol–water partition coefficient (Wildman–Crippen LogP) is 2.29. The second-order valence-corrected chi connectivity index (χ2v) is 3.65. The van der Waals surface area contributed by atoms with Crippen LogP contribution in [0.15, 0.2) is 28.7 Å². The highest BCUT2D eigenvalue weighted by molar-refractivity contribution is 9.10. The van der Waals surface area contributed by atoms with E-state index in [0.29, 0.717) is 0 Å². The number of pyridine rings is 1. The molecule has 0 unspecified atom stereocenters. The number of halogens is 1. The molecule has 2 rings (SSSR count). The maximum atomic E-state index is 9.31. The zero-order chi connectivity index (χ0) is 9.42. The summed E-state index contributed by atoms with van der Waals surface area (Å²) in [5.41, 5.74) is 6.23. The number of benzene rings is 1. The molecule has 0 aliphatic carbocycles. The molecule has 0 aliphatic heterocycles. The molecule has 0 saturated heterocycles. The van der Waals surface area contributed by atoms with E-state index < -0.39 is 0 Å². The van der Waals surface area contributed by atoms with E-state index in [9.17, 15) is 5.11 Å². The van der Waals surface area contributed by atoms with Crippen molar-refractivity contribution in [3.63, 3.8) is 0 Å². The Labute approximate surface area is 83.3 Å². The van der Waals surface area contributed by atoms with Crippen molar-refractivity contribution in [1.82, 2.24) is 4.98 Å². The molecule has 0 saturated carbocycles. The van der Waals surface area contributed by atoms with Crippen LogP contribution in [0.25, 0.3) is 10.9 Å². The van der Waals surface area contributed by atoms with Crippen LogP contribution in [0.5, 0.6) is 5.75 Å². The second kappa shape index (κ2) is 2.88. The van der Waals surface area contributed by atoms with Crippen LogP contribution in [0.1, 0.15) is 0 Å². The van der Waals surface area contributed by atoms with E-state index in [0.717, 1.165) is 15.4 Å². The molecule has 1 heterocycles. The van der Waals surface area contributed by atoms with Gasteiger partial charge in [-0.2, -0.15) is 0 Å². The molecular formula is C9H7BrN2O. The van der Waals surface area contributed by atoms with Crippen molar-refractivity contribution in [3.8, 4) is 5.75 Å². The van der Waals surface area contributed by atoms with Crippen LogP contribution in [0.3, 0.4) is 0 Å². The second-order valence-electron chi connectivity index (χ2n) is 2.73. The first-order valence-electron chi connectivity index (χ1n) is 3.71. The van der Waals surface area contributed by atoms with Gasteiger partial charge in [0.1, 0.15) is 0 Å². The van der Waals surface area contributed by atoms with Gasteiger partial charge in [0, 0.05) is 9.86 Å². The maximum absolute atomic E-state index is 9.31. The molecule has 4 heteroatoms. The summed E-state index contributed by atoms with van der Waals surface area (Å²) in [7, 11) is 0. The number of hydrogen-bond acceptors (Lipinski definition) is 3. The van der Waals surface area contributed by atoms with Gasteiger partial charge >= 0.3 is 0 Å². The highest BCUT2D eigenvalue weighted by atomic mass is 79.9. The molecule has 0 bridgehead atoms. The van der Waals surface area contributed by atoms with Crippen molar-refractivity contribution in [3.05, 3.63) is 28.7 Å². The van der Waals surface area contributed by atoms with Crippen LogP contribution in [0.4, 0.5) is 5.82 Å². The SMILES string of the molecule is Nc1nc2ccc(Br)cc2cc1O. The van der Waals surface area contributed by atoms with Gasteiger partial charge in [0.05, 0.1) is 5.52 Å². The summed E-state index contributed by atoms with van der Waals surface area (Å²) in [4.78, 5) is 4.02. The van der Waals surface area contributed by atoms with E-state index >= 15 is 0 Å². The molecule has 1 aromatic heterocycles. The normalized spacial score (nSPS) is 10.5. The fourth-order valence-corrected chi connectivity index (χ4v) is 1.53. The Morgan fingerprint density at radius 2 is 2.08 bits per heavy atom. The van der Waals surface area contributed by atoms with Crippen LogP contribution < -0.4 is 5.73 Å².